The van der Waals surface area contributed by atoms with Crippen LogP contribution in [0, 0.1) is 0 Å². The molecule has 1 N–H and O–H groups in total. The number of allylic oxidation sites excluding steroid dienone is 1. The third-order valence-electron chi connectivity index (χ3n) is 7.82. The molecular weight excluding hydrogens is 524 g/mol. The molecule has 1 heterocycles. The van der Waals surface area contributed by atoms with Gasteiger partial charge in [-0.05, 0) is 66.3 Å². The van der Waals surface area contributed by atoms with E-state index in [1.165, 1.54) is 0 Å². The van der Waals surface area contributed by atoms with Crippen LogP contribution in [-0.4, -0.2) is 25.9 Å². The lowest BCUT2D eigenvalue weighted by molar-refractivity contribution is -0.119. The van der Waals surface area contributed by atoms with Gasteiger partial charge in [-0.2, -0.15) is 0 Å². The number of hydrogen-bond acceptors (Lipinski definition) is 5. The van der Waals surface area contributed by atoms with Gasteiger partial charge in [0.15, 0.2) is 17.3 Å². The minimum absolute atomic E-state index is 0.00575. The fourth-order valence-electron chi connectivity index (χ4n) is 5.81. The number of hydrogen-bond donors (Lipinski definition) is 1. The third kappa shape index (κ3) is 5.46. The first-order valence-electron chi connectivity index (χ1n) is 13.9. The highest BCUT2D eigenvalue weighted by Crippen LogP contribution is 2.48. The van der Waals surface area contributed by atoms with Crippen molar-refractivity contribution in [2.75, 3.05) is 24.4 Å². The Morgan fingerprint density at radius 3 is 2.40 bits per heavy atom. The topological polar surface area (TPSA) is 67.9 Å². The van der Waals surface area contributed by atoms with Gasteiger partial charge in [0.2, 0.25) is 5.91 Å². The van der Waals surface area contributed by atoms with Gasteiger partial charge in [0.25, 0.3) is 0 Å². The summed E-state index contributed by atoms with van der Waals surface area (Å²) in [5, 5.41) is 4.19. The molecule has 0 saturated carbocycles. The zero-order valence-corrected chi connectivity index (χ0v) is 24.0. The molecule has 3 aromatic carbocycles. The van der Waals surface area contributed by atoms with Crippen molar-refractivity contribution in [1.29, 1.82) is 0 Å². The Balaban J connectivity index is 1.64. The van der Waals surface area contributed by atoms with Crippen molar-refractivity contribution in [2.24, 2.45) is 0 Å². The first-order chi connectivity index (χ1) is 19.4. The van der Waals surface area contributed by atoms with Gasteiger partial charge in [-0.1, -0.05) is 61.7 Å². The number of ether oxygens (including phenoxy) is 2. The molecule has 0 aromatic heterocycles. The van der Waals surface area contributed by atoms with Crippen molar-refractivity contribution in [3.05, 3.63) is 94.1 Å². The zero-order valence-electron chi connectivity index (χ0n) is 23.2. The summed E-state index contributed by atoms with van der Waals surface area (Å²) in [6.07, 6.45) is 4.16. The summed E-state index contributed by atoms with van der Waals surface area (Å²) in [6, 6.07) is 20.6. The smallest absolute Gasteiger partial charge is 0.227 e. The Kier molecular flexibility index (Phi) is 8.46. The number of carbonyl (C=O) groups is 2. The molecule has 1 amide bonds. The van der Waals surface area contributed by atoms with Gasteiger partial charge in [0.1, 0.15) is 0 Å². The molecule has 208 valence electrons. The number of fused-ring (bicyclic) bond motifs is 1. The molecule has 2 unspecified atom stereocenters. The molecule has 0 spiro atoms. The molecule has 1 aliphatic heterocycles. The SMILES string of the molecule is CCCCCC(=O)N1c2ccccc2NC2=C(C(=O)CC(c3ccc(OC)c(OC)c3)C2)C1c1ccc(Cl)cc1. The number of para-hydroxylation sites is 2. The Morgan fingerprint density at radius 2 is 1.68 bits per heavy atom. The monoisotopic (exact) mass is 558 g/mol. The number of anilines is 2. The normalized spacial score (nSPS) is 18.4. The molecule has 7 heteroatoms. The number of amides is 1. The molecule has 40 heavy (non-hydrogen) atoms. The van der Waals surface area contributed by atoms with Crippen molar-refractivity contribution in [2.45, 2.75) is 57.4 Å². The van der Waals surface area contributed by atoms with Gasteiger partial charge in [-0.15, -0.1) is 0 Å². The first-order valence-corrected chi connectivity index (χ1v) is 14.2. The lowest BCUT2D eigenvalue weighted by atomic mass is 9.78. The second-order valence-electron chi connectivity index (χ2n) is 10.4. The number of halogens is 1. The highest BCUT2D eigenvalue weighted by Gasteiger charge is 2.41. The predicted octanol–water partition coefficient (Wildman–Crippen LogP) is 7.84. The lowest BCUT2D eigenvalue weighted by Crippen LogP contribution is -2.38. The van der Waals surface area contributed by atoms with Gasteiger partial charge in [-0.3, -0.25) is 14.5 Å². The molecule has 0 radical (unpaired) electrons. The molecule has 0 saturated heterocycles. The number of Topliss-reactive ketones (excluding diaryl/α,β-unsaturated/α-hetero) is 1. The number of nitrogens with zero attached hydrogens (tertiary/aromatic N) is 1. The largest absolute Gasteiger partial charge is 0.493 e. The number of rotatable bonds is 8. The quantitative estimate of drug-likeness (QED) is 0.285. The van der Waals surface area contributed by atoms with Crippen molar-refractivity contribution in [1.82, 2.24) is 0 Å². The summed E-state index contributed by atoms with van der Waals surface area (Å²) in [4.78, 5) is 29.9. The molecule has 3 aromatic rings. The van der Waals surface area contributed by atoms with Crippen LogP contribution in [-0.2, 0) is 9.59 Å². The van der Waals surface area contributed by atoms with E-state index >= 15 is 0 Å². The number of methoxy groups -OCH3 is 2. The number of nitrogens with one attached hydrogen (secondary N) is 1. The van der Waals surface area contributed by atoms with E-state index in [-0.39, 0.29) is 17.6 Å². The number of carbonyl (C=O) groups excluding carboxylic acids is 2. The van der Waals surface area contributed by atoms with E-state index in [1.54, 1.807) is 14.2 Å². The number of ketones is 1. The molecule has 6 nitrogen and oxygen atoms in total. The van der Waals surface area contributed by atoms with Crippen molar-refractivity contribution < 1.29 is 19.1 Å². The van der Waals surface area contributed by atoms with Crippen molar-refractivity contribution in [3.8, 4) is 11.5 Å². The Bertz CT molecular complexity index is 1430. The summed E-state index contributed by atoms with van der Waals surface area (Å²) in [6.45, 7) is 2.12. The predicted molar refractivity (Wildman–Crippen MR) is 159 cm³/mol. The summed E-state index contributed by atoms with van der Waals surface area (Å²) in [5.74, 6) is 1.26. The van der Waals surface area contributed by atoms with E-state index in [0.717, 1.165) is 47.5 Å². The van der Waals surface area contributed by atoms with E-state index < -0.39 is 6.04 Å². The van der Waals surface area contributed by atoms with E-state index in [1.807, 2.05) is 71.6 Å². The molecule has 2 atom stereocenters. The molecule has 0 bridgehead atoms. The minimum atomic E-state index is -0.559. The Hall–Kier alpha value is -3.77. The third-order valence-corrected chi connectivity index (χ3v) is 8.07. The van der Waals surface area contributed by atoms with Crippen LogP contribution in [0.5, 0.6) is 11.5 Å². The van der Waals surface area contributed by atoms with Crippen LogP contribution in [0.2, 0.25) is 5.02 Å². The van der Waals surface area contributed by atoms with E-state index in [9.17, 15) is 9.59 Å². The Morgan fingerprint density at radius 1 is 0.950 bits per heavy atom. The van der Waals surface area contributed by atoms with Gasteiger partial charge in [0, 0.05) is 29.1 Å². The second kappa shape index (κ2) is 12.2. The van der Waals surface area contributed by atoms with Gasteiger partial charge in [-0.25, -0.2) is 0 Å². The van der Waals surface area contributed by atoms with Gasteiger partial charge < -0.3 is 14.8 Å². The number of unbranched alkanes of at least 4 members (excludes halogenated alkanes) is 2. The molecular formula is C33H35ClN2O4. The van der Waals surface area contributed by atoms with Crippen LogP contribution in [0.15, 0.2) is 78.0 Å². The summed E-state index contributed by atoms with van der Waals surface area (Å²) >= 11 is 6.26. The Labute approximate surface area is 240 Å². The highest BCUT2D eigenvalue weighted by molar-refractivity contribution is 6.30. The van der Waals surface area contributed by atoms with Gasteiger partial charge in [0.05, 0.1) is 31.6 Å². The van der Waals surface area contributed by atoms with Crippen LogP contribution in [0.3, 0.4) is 0 Å². The van der Waals surface area contributed by atoms with Gasteiger partial charge >= 0.3 is 0 Å². The molecule has 0 fully saturated rings. The van der Waals surface area contributed by atoms with Crippen LogP contribution in [0.25, 0.3) is 0 Å². The van der Waals surface area contributed by atoms with Crippen LogP contribution in [0.4, 0.5) is 11.4 Å². The maximum absolute atomic E-state index is 14.2. The van der Waals surface area contributed by atoms with Crippen LogP contribution in [0.1, 0.15) is 68.5 Å². The summed E-state index contributed by atoms with van der Waals surface area (Å²) in [5.41, 5.74) is 4.93. The summed E-state index contributed by atoms with van der Waals surface area (Å²) in [7, 11) is 3.22. The fraction of sp³-hybridized carbons (Fsp3) is 0.333. The highest BCUT2D eigenvalue weighted by atomic mass is 35.5. The van der Waals surface area contributed by atoms with Crippen molar-refractivity contribution in [3.63, 3.8) is 0 Å². The van der Waals surface area contributed by atoms with Crippen LogP contribution >= 0.6 is 11.6 Å². The zero-order chi connectivity index (χ0) is 28.2. The van der Waals surface area contributed by atoms with E-state index in [4.69, 9.17) is 21.1 Å². The van der Waals surface area contributed by atoms with E-state index in [2.05, 4.69) is 12.2 Å². The minimum Gasteiger partial charge on any atom is -0.493 e. The van der Waals surface area contributed by atoms with Crippen LogP contribution < -0.4 is 19.7 Å². The second-order valence-corrected chi connectivity index (χ2v) is 10.8. The lowest BCUT2D eigenvalue weighted by Gasteiger charge is -2.35. The average Bonchev–Trinajstić information content (AvgIpc) is 3.12. The molecule has 2 aliphatic rings. The molecule has 5 rings (SSSR count). The van der Waals surface area contributed by atoms with Crippen molar-refractivity contribution >= 4 is 34.7 Å². The average molecular weight is 559 g/mol. The maximum atomic E-state index is 14.2. The standard InChI is InChI=1S/C33H35ClN2O4/c1-4-5-6-11-31(38)36-27-10-8-7-9-25(27)35-26-18-23(22-14-17-29(39-2)30(20-22)40-3)19-28(37)32(26)33(36)21-12-15-24(34)16-13-21/h7-10,12-17,20,23,33,35H,4-6,11,18-19H2,1-3H3. The summed E-state index contributed by atoms with van der Waals surface area (Å²) < 4.78 is 11.0. The maximum Gasteiger partial charge on any atom is 0.227 e. The fourth-order valence-corrected chi connectivity index (χ4v) is 5.94. The first kappa shape index (κ1) is 27.8. The number of benzene rings is 3. The van der Waals surface area contributed by atoms with E-state index in [0.29, 0.717) is 41.4 Å². The molecule has 1 aliphatic carbocycles.